The fourth-order valence-corrected chi connectivity index (χ4v) is 2.28. The van der Waals surface area contributed by atoms with E-state index >= 15 is 0 Å². The summed E-state index contributed by atoms with van der Waals surface area (Å²) in [6, 6.07) is 12.6. The Morgan fingerprint density at radius 2 is 1.80 bits per heavy atom. The van der Waals surface area contributed by atoms with Crippen LogP contribution in [0.5, 0.6) is 5.75 Å². The topological polar surface area (TPSA) is 78.7 Å². The summed E-state index contributed by atoms with van der Waals surface area (Å²) < 4.78 is 7.97. The van der Waals surface area contributed by atoms with E-state index in [1.807, 2.05) is 0 Å². The predicted octanol–water partition coefficient (Wildman–Crippen LogP) is 4.61. The van der Waals surface area contributed by atoms with Gasteiger partial charge in [-0.05, 0) is 17.7 Å². The number of nitro groups is 1. The molecule has 0 aliphatic heterocycles. The third-order valence-corrected chi connectivity index (χ3v) is 3.74. The van der Waals surface area contributed by atoms with Crippen molar-refractivity contribution in [1.82, 2.24) is 0 Å². The minimum absolute atomic E-state index is 0.125. The van der Waals surface area contributed by atoms with Crippen LogP contribution in [-0.4, -0.2) is 21.8 Å². The van der Waals surface area contributed by atoms with Gasteiger partial charge in [0.15, 0.2) is 6.10 Å². The van der Waals surface area contributed by atoms with Crippen LogP contribution in [0, 0.1) is 10.1 Å². The van der Waals surface area contributed by atoms with Crippen molar-refractivity contribution < 1.29 is 19.2 Å². The summed E-state index contributed by atoms with van der Waals surface area (Å²) in [6.45, 7) is 0. The molecule has 0 aromatic heterocycles. The van der Waals surface area contributed by atoms with Crippen LogP contribution in [0.3, 0.4) is 0 Å². The van der Waals surface area contributed by atoms with Crippen LogP contribution in [0.25, 0.3) is 0 Å². The van der Waals surface area contributed by atoms with E-state index in [1.54, 1.807) is 30.3 Å². The molecule has 1 atom stereocenters. The zero-order chi connectivity index (χ0) is 18.6. The Labute approximate surface area is 158 Å². The van der Waals surface area contributed by atoms with Crippen LogP contribution in [0.4, 0.5) is 5.69 Å². The summed E-state index contributed by atoms with van der Waals surface area (Å²) >= 11 is 16.7. The first-order valence-corrected chi connectivity index (χ1v) is 8.02. The molecule has 9 heteroatoms. The van der Waals surface area contributed by atoms with Crippen molar-refractivity contribution in [2.45, 2.75) is 9.90 Å². The number of ether oxygens (including phenoxy) is 2. The van der Waals surface area contributed by atoms with Crippen molar-refractivity contribution in [3.05, 3.63) is 69.8 Å². The lowest BCUT2D eigenvalue weighted by molar-refractivity contribution is -0.386. The maximum atomic E-state index is 12.0. The standard InChI is InChI=1S/C16H12Cl3NO5/c1-24-11-7-8-12(13(9-11)20(22)23)14(10-5-3-2-4-6-10)25-15(21)16(17,18)19/h2-9,14H,1H3. The van der Waals surface area contributed by atoms with Crippen molar-refractivity contribution in [3.63, 3.8) is 0 Å². The number of carbonyl (C=O) groups is 1. The van der Waals surface area contributed by atoms with Crippen LogP contribution in [0.15, 0.2) is 48.5 Å². The number of halogens is 3. The van der Waals surface area contributed by atoms with Crippen molar-refractivity contribution in [3.8, 4) is 5.75 Å². The Kier molecular flexibility index (Phi) is 6.11. The average molecular weight is 405 g/mol. The zero-order valence-corrected chi connectivity index (χ0v) is 15.1. The molecule has 1 unspecified atom stereocenters. The van der Waals surface area contributed by atoms with Crippen LogP contribution in [0.1, 0.15) is 17.2 Å². The fraction of sp³-hybridized carbons (Fsp3) is 0.188. The number of carbonyl (C=O) groups excluding carboxylic acids is 1. The quantitative estimate of drug-likeness (QED) is 0.315. The highest BCUT2D eigenvalue weighted by molar-refractivity contribution is 6.75. The number of alkyl halides is 3. The van der Waals surface area contributed by atoms with Crippen molar-refractivity contribution in [2.24, 2.45) is 0 Å². The van der Waals surface area contributed by atoms with E-state index in [0.29, 0.717) is 5.56 Å². The van der Waals surface area contributed by atoms with E-state index in [1.165, 1.54) is 25.3 Å². The summed E-state index contributed by atoms with van der Waals surface area (Å²) in [5.74, 6) is -0.855. The average Bonchev–Trinajstić information content (AvgIpc) is 2.58. The Hall–Kier alpha value is -2.02. The molecule has 25 heavy (non-hydrogen) atoms. The smallest absolute Gasteiger partial charge is 0.359 e. The zero-order valence-electron chi connectivity index (χ0n) is 12.8. The molecule has 132 valence electrons. The Balaban J connectivity index is 2.56. The summed E-state index contributed by atoms with van der Waals surface area (Å²) in [6.07, 6.45) is -1.13. The van der Waals surface area contributed by atoms with Gasteiger partial charge in [-0.15, -0.1) is 0 Å². The monoisotopic (exact) mass is 403 g/mol. The van der Waals surface area contributed by atoms with Crippen molar-refractivity contribution >= 4 is 46.5 Å². The van der Waals surface area contributed by atoms with E-state index in [0.717, 1.165) is 0 Å². The van der Waals surface area contributed by atoms with Gasteiger partial charge in [0.1, 0.15) is 5.75 Å². The van der Waals surface area contributed by atoms with Crippen LogP contribution >= 0.6 is 34.8 Å². The highest BCUT2D eigenvalue weighted by Crippen LogP contribution is 2.38. The molecule has 0 spiro atoms. The normalized spacial score (nSPS) is 12.3. The number of methoxy groups -OCH3 is 1. The summed E-state index contributed by atoms with van der Waals surface area (Å²) in [7, 11) is 1.39. The molecule has 0 bridgehead atoms. The lowest BCUT2D eigenvalue weighted by Gasteiger charge is -2.21. The third kappa shape index (κ3) is 4.75. The molecule has 0 saturated heterocycles. The largest absolute Gasteiger partial charge is 0.497 e. The predicted molar refractivity (Wildman–Crippen MR) is 94.3 cm³/mol. The number of nitrogens with zero attached hydrogens (tertiary/aromatic N) is 1. The number of rotatable bonds is 5. The highest BCUT2D eigenvalue weighted by atomic mass is 35.6. The number of nitro benzene ring substituents is 1. The second-order valence-corrected chi connectivity index (χ2v) is 7.16. The third-order valence-electron chi connectivity index (χ3n) is 3.28. The van der Waals surface area contributed by atoms with Gasteiger partial charge in [0.05, 0.1) is 23.7 Å². The SMILES string of the molecule is COc1ccc(C(OC(=O)C(Cl)(Cl)Cl)c2ccccc2)c([N+](=O)[O-])c1. The highest BCUT2D eigenvalue weighted by Gasteiger charge is 2.37. The first kappa shape index (κ1) is 19.3. The van der Waals surface area contributed by atoms with E-state index < -0.39 is 20.8 Å². The molecule has 0 aliphatic carbocycles. The van der Waals surface area contributed by atoms with E-state index in [4.69, 9.17) is 44.3 Å². The number of benzene rings is 2. The maximum absolute atomic E-state index is 12.0. The van der Waals surface area contributed by atoms with Crippen LogP contribution < -0.4 is 4.74 Å². The molecule has 0 fully saturated rings. The van der Waals surface area contributed by atoms with Gasteiger partial charge in [-0.2, -0.15) is 0 Å². The van der Waals surface area contributed by atoms with Crippen molar-refractivity contribution in [1.29, 1.82) is 0 Å². The van der Waals surface area contributed by atoms with Gasteiger partial charge < -0.3 is 9.47 Å². The number of esters is 1. The molecule has 2 aromatic rings. The van der Waals surface area contributed by atoms with Gasteiger partial charge in [0, 0.05) is 0 Å². The Morgan fingerprint density at radius 1 is 1.16 bits per heavy atom. The summed E-state index contributed by atoms with van der Waals surface area (Å²) in [4.78, 5) is 22.9. The second kappa shape index (κ2) is 7.91. The molecule has 0 saturated carbocycles. The van der Waals surface area contributed by atoms with Gasteiger partial charge in [-0.3, -0.25) is 10.1 Å². The lowest BCUT2D eigenvalue weighted by atomic mass is 9.99. The molecule has 0 radical (unpaired) electrons. The molecule has 0 aliphatic rings. The Morgan fingerprint density at radius 3 is 2.32 bits per heavy atom. The van der Waals surface area contributed by atoms with E-state index in [9.17, 15) is 14.9 Å². The molecule has 6 nitrogen and oxygen atoms in total. The Bertz CT molecular complexity index is 777. The minimum Gasteiger partial charge on any atom is -0.497 e. The molecular weight excluding hydrogens is 393 g/mol. The van der Waals surface area contributed by atoms with Gasteiger partial charge in [0.2, 0.25) is 0 Å². The molecular formula is C16H12Cl3NO5. The van der Waals surface area contributed by atoms with Gasteiger partial charge in [-0.25, -0.2) is 4.79 Å². The molecule has 0 heterocycles. The van der Waals surface area contributed by atoms with Crippen LogP contribution in [-0.2, 0) is 9.53 Å². The molecule has 2 rings (SSSR count). The number of hydrogen-bond donors (Lipinski definition) is 0. The lowest BCUT2D eigenvalue weighted by Crippen LogP contribution is -2.25. The maximum Gasteiger partial charge on any atom is 0.359 e. The fourth-order valence-electron chi connectivity index (χ4n) is 2.14. The molecule has 0 amide bonds. The van der Waals surface area contributed by atoms with E-state index in [2.05, 4.69) is 0 Å². The summed E-state index contributed by atoms with van der Waals surface area (Å²) in [5, 5.41) is 11.4. The van der Waals surface area contributed by atoms with Gasteiger partial charge in [-0.1, -0.05) is 65.1 Å². The number of hydrogen-bond acceptors (Lipinski definition) is 5. The summed E-state index contributed by atoms with van der Waals surface area (Å²) in [5.41, 5.74) is 0.322. The molecule has 2 aromatic carbocycles. The minimum atomic E-state index is -2.31. The van der Waals surface area contributed by atoms with E-state index in [-0.39, 0.29) is 17.0 Å². The van der Waals surface area contributed by atoms with Crippen molar-refractivity contribution in [2.75, 3.05) is 7.11 Å². The van der Waals surface area contributed by atoms with Gasteiger partial charge >= 0.3 is 5.97 Å². The first-order chi connectivity index (χ1) is 11.7. The van der Waals surface area contributed by atoms with Crippen LogP contribution in [0.2, 0.25) is 0 Å². The molecule has 0 N–H and O–H groups in total. The first-order valence-electron chi connectivity index (χ1n) is 6.89. The second-order valence-electron chi connectivity index (χ2n) is 4.88. The van der Waals surface area contributed by atoms with Gasteiger partial charge in [0.25, 0.3) is 9.48 Å².